The number of hydrogen-bond donors (Lipinski definition) is 0. The molecule has 2 rings (SSSR count). The van der Waals surface area contributed by atoms with Crippen LogP contribution in [0, 0.1) is 0 Å². The molecule has 0 saturated carbocycles. The predicted molar refractivity (Wildman–Crippen MR) is 98.0 cm³/mol. The lowest BCUT2D eigenvalue weighted by Gasteiger charge is -2.45. The predicted octanol–water partition coefficient (Wildman–Crippen LogP) is 4.30. The van der Waals surface area contributed by atoms with Gasteiger partial charge in [0.05, 0.1) is 0 Å². The van der Waals surface area contributed by atoms with Gasteiger partial charge in [-0.3, -0.25) is 4.90 Å². The van der Waals surface area contributed by atoms with Crippen LogP contribution in [0.1, 0.15) is 53.0 Å². The third-order valence-electron chi connectivity index (χ3n) is 4.45. The molecular formula is C20H32N2O2. The Morgan fingerprint density at radius 1 is 1.21 bits per heavy atom. The molecule has 0 aromatic heterocycles. The summed E-state index contributed by atoms with van der Waals surface area (Å²) >= 11 is 0. The van der Waals surface area contributed by atoms with E-state index in [1.807, 2.05) is 31.7 Å². The van der Waals surface area contributed by atoms with E-state index in [-0.39, 0.29) is 12.1 Å². The second kappa shape index (κ2) is 8.02. The van der Waals surface area contributed by atoms with Gasteiger partial charge in [0.15, 0.2) is 0 Å². The Bertz CT molecular complexity index is 524. The van der Waals surface area contributed by atoms with Gasteiger partial charge >= 0.3 is 6.09 Å². The SMILES string of the molecule is CCCC1CN(Cc2ccccc2)C(C)CN1C(=O)OC(C)(C)C. The first kappa shape index (κ1) is 18.8. The first-order chi connectivity index (χ1) is 11.3. The molecule has 0 radical (unpaired) electrons. The topological polar surface area (TPSA) is 32.8 Å². The molecule has 24 heavy (non-hydrogen) atoms. The van der Waals surface area contributed by atoms with Crippen molar-refractivity contribution in [1.29, 1.82) is 0 Å². The van der Waals surface area contributed by atoms with Crippen LogP contribution < -0.4 is 0 Å². The molecule has 0 spiro atoms. The van der Waals surface area contributed by atoms with Gasteiger partial charge in [0.2, 0.25) is 0 Å². The Labute approximate surface area is 146 Å². The third-order valence-corrected chi connectivity index (χ3v) is 4.45. The molecule has 134 valence electrons. The molecule has 2 atom stereocenters. The number of nitrogens with zero attached hydrogens (tertiary/aromatic N) is 2. The molecule has 1 aliphatic rings. The Balaban J connectivity index is 2.07. The van der Waals surface area contributed by atoms with E-state index in [0.29, 0.717) is 6.04 Å². The van der Waals surface area contributed by atoms with Crippen molar-refractivity contribution < 1.29 is 9.53 Å². The summed E-state index contributed by atoms with van der Waals surface area (Å²) in [6.07, 6.45) is 1.90. The van der Waals surface area contributed by atoms with Gasteiger partial charge in [0.25, 0.3) is 0 Å². The highest BCUT2D eigenvalue weighted by atomic mass is 16.6. The summed E-state index contributed by atoms with van der Waals surface area (Å²) in [5, 5.41) is 0. The summed E-state index contributed by atoms with van der Waals surface area (Å²) in [7, 11) is 0. The molecule has 1 aromatic rings. The van der Waals surface area contributed by atoms with Crippen molar-refractivity contribution in [3.05, 3.63) is 35.9 Å². The van der Waals surface area contributed by atoms with Crippen molar-refractivity contribution in [3.63, 3.8) is 0 Å². The smallest absolute Gasteiger partial charge is 0.410 e. The van der Waals surface area contributed by atoms with Gasteiger partial charge in [-0.1, -0.05) is 43.7 Å². The summed E-state index contributed by atoms with van der Waals surface area (Å²) in [6, 6.07) is 11.1. The van der Waals surface area contributed by atoms with Crippen LogP contribution in [0.4, 0.5) is 4.79 Å². The van der Waals surface area contributed by atoms with Gasteiger partial charge in [-0.15, -0.1) is 0 Å². The summed E-state index contributed by atoms with van der Waals surface area (Å²) < 4.78 is 5.62. The standard InChI is InChI=1S/C20H32N2O2/c1-6-10-18-15-21(14-17-11-8-7-9-12-17)16(2)13-22(18)19(23)24-20(3,4)5/h7-9,11-12,16,18H,6,10,13-15H2,1-5H3. The van der Waals surface area contributed by atoms with Crippen LogP contribution in [0.2, 0.25) is 0 Å². The average Bonchev–Trinajstić information content (AvgIpc) is 2.50. The fourth-order valence-corrected chi connectivity index (χ4v) is 3.26. The molecule has 1 fully saturated rings. The van der Waals surface area contributed by atoms with Crippen LogP contribution in [0.15, 0.2) is 30.3 Å². The molecule has 0 aliphatic carbocycles. The molecule has 0 N–H and O–H groups in total. The normalized spacial score (nSPS) is 22.5. The highest BCUT2D eigenvalue weighted by molar-refractivity contribution is 5.68. The van der Waals surface area contributed by atoms with Crippen LogP contribution >= 0.6 is 0 Å². The molecule has 1 heterocycles. The molecule has 1 aliphatic heterocycles. The van der Waals surface area contributed by atoms with Crippen molar-refractivity contribution >= 4 is 6.09 Å². The van der Waals surface area contributed by atoms with E-state index in [2.05, 4.69) is 43.0 Å². The monoisotopic (exact) mass is 332 g/mol. The summed E-state index contributed by atoms with van der Waals surface area (Å²) in [6.45, 7) is 12.7. The molecule has 2 unspecified atom stereocenters. The van der Waals surface area contributed by atoms with Crippen molar-refractivity contribution in [2.75, 3.05) is 13.1 Å². The molecule has 4 heteroatoms. The molecular weight excluding hydrogens is 300 g/mol. The zero-order chi connectivity index (χ0) is 17.7. The minimum atomic E-state index is -0.446. The van der Waals surface area contributed by atoms with Gasteiger partial charge < -0.3 is 9.64 Å². The third kappa shape index (κ3) is 5.23. The summed E-state index contributed by atoms with van der Waals surface area (Å²) in [5.74, 6) is 0. The lowest BCUT2D eigenvalue weighted by atomic mass is 10.0. The number of benzene rings is 1. The number of amides is 1. The number of rotatable bonds is 4. The van der Waals surface area contributed by atoms with Crippen molar-refractivity contribution in [3.8, 4) is 0 Å². The average molecular weight is 332 g/mol. The van der Waals surface area contributed by atoms with Crippen LogP contribution in [0.3, 0.4) is 0 Å². The Morgan fingerprint density at radius 3 is 2.46 bits per heavy atom. The van der Waals surface area contributed by atoms with E-state index in [0.717, 1.165) is 32.5 Å². The second-order valence-corrected chi connectivity index (χ2v) is 7.84. The lowest BCUT2D eigenvalue weighted by Crippen LogP contribution is -2.59. The number of carbonyl (C=O) groups excluding carboxylic acids is 1. The maximum absolute atomic E-state index is 12.6. The minimum absolute atomic E-state index is 0.174. The second-order valence-electron chi connectivity index (χ2n) is 7.84. The van der Waals surface area contributed by atoms with E-state index in [4.69, 9.17) is 4.74 Å². The maximum Gasteiger partial charge on any atom is 0.410 e. The van der Waals surface area contributed by atoms with Gasteiger partial charge in [0.1, 0.15) is 5.60 Å². The molecule has 1 amide bonds. The van der Waals surface area contributed by atoms with Gasteiger partial charge in [-0.25, -0.2) is 4.79 Å². The van der Waals surface area contributed by atoms with Crippen LogP contribution in [0.5, 0.6) is 0 Å². The van der Waals surface area contributed by atoms with Gasteiger partial charge in [-0.05, 0) is 39.7 Å². The van der Waals surface area contributed by atoms with Crippen LogP contribution in [0.25, 0.3) is 0 Å². The van der Waals surface area contributed by atoms with Crippen molar-refractivity contribution in [2.24, 2.45) is 0 Å². The van der Waals surface area contributed by atoms with E-state index in [9.17, 15) is 4.79 Å². The molecule has 1 saturated heterocycles. The summed E-state index contributed by atoms with van der Waals surface area (Å²) in [5.41, 5.74) is 0.878. The molecule has 1 aromatic carbocycles. The highest BCUT2D eigenvalue weighted by Crippen LogP contribution is 2.23. The quantitative estimate of drug-likeness (QED) is 0.824. The van der Waals surface area contributed by atoms with E-state index in [1.165, 1.54) is 5.56 Å². The first-order valence-electron chi connectivity index (χ1n) is 9.07. The van der Waals surface area contributed by atoms with Crippen molar-refractivity contribution in [2.45, 2.75) is 71.7 Å². The molecule has 4 nitrogen and oxygen atoms in total. The zero-order valence-electron chi connectivity index (χ0n) is 15.8. The number of carbonyl (C=O) groups is 1. The number of hydrogen-bond acceptors (Lipinski definition) is 3. The largest absolute Gasteiger partial charge is 0.444 e. The van der Waals surface area contributed by atoms with Gasteiger partial charge in [0, 0.05) is 31.7 Å². The fraction of sp³-hybridized carbons (Fsp3) is 0.650. The molecule has 0 bridgehead atoms. The van der Waals surface area contributed by atoms with Gasteiger partial charge in [-0.2, -0.15) is 0 Å². The van der Waals surface area contributed by atoms with E-state index >= 15 is 0 Å². The Morgan fingerprint density at radius 2 is 1.88 bits per heavy atom. The van der Waals surface area contributed by atoms with E-state index in [1.54, 1.807) is 0 Å². The number of piperazine rings is 1. The van der Waals surface area contributed by atoms with Crippen LogP contribution in [-0.2, 0) is 11.3 Å². The zero-order valence-corrected chi connectivity index (χ0v) is 15.8. The lowest BCUT2D eigenvalue weighted by molar-refractivity contribution is -0.0168. The first-order valence-corrected chi connectivity index (χ1v) is 9.07. The van der Waals surface area contributed by atoms with E-state index < -0.39 is 5.60 Å². The Kier molecular flexibility index (Phi) is 6.27. The minimum Gasteiger partial charge on any atom is -0.444 e. The highest BCUT2D eigenvalue weighted by Gasteiger charge is 2.36. The fourth-order valence-electron chi connectivity index (χ4n) is 3.26. The summed E-state index contributed by atoms with van der Waals surface area (Å²) in [4.78, 5) is 17.0. The van der Waals surface area contributed by atoms with Crippen LogP contribution in [-0.4, -0.2) is 46.7 Å². The number of ether oxygens (including phenoxy) is 1. The maximum atomic E-state index is 12.6. The van der Waals surface area contributed by atoms with Crippen molar-refractivity contribution in [1.82, 2.24) is 9.80 Å². The Hall–Kier alpha value is -1.55.